The smallest absolute Gasteiger partial charge is 0.236 e. The van der Waals surface area contributed by atoms with E-state index in [2.05, 4.69) is 36.2 Å². The summed E-state index contributed by atoms with van der Waals surface area (Å²) in [7, 11) is -4.03. The lowest BCUT2D eigenvalue weighted by Crippen LogP contribution is -2.34. The summed E-state index contributed by atoms with van der Waals surface area (Å²) in [6.45, 7) is 4.83. The molecule has 1 fully saturated rings. The zero-order valence-electron chi connectivity index (χ0n) is 23.1. The highest BCUT2D eigenvalue weighted by atomic mass is 32.2. The molecule has 6 rings (SSSR count). The van der Waals surface area contributed by atoms with Crippen molar-refractivity contribution in [1.82, 2.24) is 4.98 Å². The molecule has 0 unspecified atom stereocenters. The van der Waals surface area contributed by atoms with Gasteiger partial charge in [0, 0.05) is 24.7 Å². The summed E-state index contributed by atoms with van der Waals surface area (Å²) in [6, 6.07) is 22.5. The van der Waals surface area contributed by atoms with Crippen molar-refractivity contribution >= 4 is 15.7 Å². The summed E-state index contributed by atoms with van der Waals surface area (Å²) in [5, 5.41) is -0.0861. The molecule has 3 aromatic carbocycles. The van der Waals surface area contributed by atoms with Gasteiger partial charge in [-0.25, -0.2) is 8.42 Å². The minimum Gasteiger partial charge on any atom is -0.494 e. The first-order chi connectivity index (χ1) is 20.0. The van der Waals surface area contributed by atoms with Crippen molar-refractivity contribution in [3.05, 3.63) is 78.4 Å². The molecule has 0 radical (unpaired) electrons. The van der Waals surface area contributed by atoms with E-state index in [0.717, 1.165) is 31.4 Å². The van der Waals surface area contributed by atoms with Crippen molar-refractivity contribution in [2.45, 2.75) is 42.5 Å². The number of aromatic nitrogens is 1. The summed E-state index contributed by atoms with van der Waals surface area (Å²) < 4.78 is 51.3. The van der Waals surface area contributed by atoms with Gasteiger partial charge in [-0.2, -0.15) is 4.98 Å². The van der Waals surface area contributed by atoms with Crippen LogP contribution in [0.1, 0.15) is 31.7 Å². The molecule has 1 aromatic heterocycles. The number of hydrogen-bond donors (Lipinski definition) is 0. The lowest BCUT2D eigenvalue weighted by Gasteiger charge is -2.32. The van der Waals surface area contributed by atoms with Gasteiger partial charge in [-0.05, 0) is 73.6 Å². The highest BCUT2D eigenvalue weighted by Gasteiger charge is 2.34. The van der Waals surface area contributed by atoms with Gasteiger partial charge in [-0.3, -0.25) is 0 Å². The van der Waals surface area contributed by atoms with Crippen LogP contribution in [-0.2, 0) is 16.3 Å². The third-order valence-electron chi connectivity index (χ3n) is 7.50. The van der Waals surface area contributed by atoms with Crippen LogP contribution < -0.4 is 19.1 Å². The van der Waals surface area contributed by atoms with Gasteiger partial charge in [-0.1, -0.05) is 37.3 Å². The van der Waals surface area contributed by atoms with Crippen LogP contribution in [0.2, 0.25) is 0 Å². The Morgan fingerprint density at radius 3 is 2.39 bits per heavy atom. The van der Waals surface area contributed by atoms with Crippen LogP contribution in [0.4, 0.5) is 5.88 Å². The molecule has 0 spiro atoms. The van der Waals surface area contributed by atoms with Gasteiger partial charge < -0.3 is 23.5 Å². The van der Waals surface area contributed by atoms with Crippen molar-refractivity contribution in [3.63, 3.8) is 0 Å². The monoisotopic (exact) mass is 574 g/mol. The molecule has 0 N–H and O–H groups in total. The van der Waals surface area contributed by atoms with Gasteiger partial charge in [0.25, 0.3) is 0 Å². The third kappa shape index (κ3) is 5.91. The van der Waals surface area contributed by atoms with Gasteiger partial charge in [-0.15, -0.1) is 0 Å². The minimum absolute atomic E-state index is 0.0861. The zero-order chi connectivity index (χ0) is 28.2. The molecule has 2 aliphatic heterocycles. The maximum atomic E-state index is 14.0. The Hall–Kier alpha value is -3.98. The van der Waals surface area contributed by atoms with Crippen LogP contribution in [0, 0.1) is 5.92 Å². The lowest BCUT2D eigenvalue weighted by molar-refractivity contribution is 0.171. The van der Waals surface area contributed by atoms with Crippen LogP contribution in [0.15, 0.2) is 87.1 Å². The van der Waals surface area contributed by atoms with E-state index < -0.39 is 9.84 Å². The Morgan fingerprint density at radius 1 is 0.927 bits per heavy atom. The fourth-order valence-corrected chi connectivity index (χ4v) is 6.64. The summed E-state index contributed by atoms with van der Waals surface area (Å²) >= 11 is 0. The number of fused-ring (bicyclic) bond motifs is 1. The number of oxazole rings is 1. The quantitative estimate of drug-likeness (QED) is 0.234. The molecule has 0 saturated carbocycles. The van der Waals surface area contributed by atoms with Crippen LogP contribution in [0.5, 0.6) is 17.2 Å². The number of nitrogens with zero attached hydrogens (tertiary/aromatic N) is 2. The molecule has 214 valence electrons. The summed E-state index contributed by atoms with van der Waals surface area (Å²) in [6.07, 6.45) is 3.77. The molecule has 1 saturated heterocycles. The van der Waals surface area contributed by atoms with E-state index in [1.165, 1.54) is 17.7 Å². The van der Waals surface area contributed by atoms with E-state index in [4.69, 9.17) is 18.6 Å². The van der Waals surface area contributed by atoms with Gasteiger partial charge >= 0.3 is 0 Å². The largest absolute Gasteiger partial charge is 0.494 e. The normalized spacial score (nSPS) is 15.6. The Balaban J connectivity index is 1.31. The average Bonchev–Trinajstić information content (AvgIpc) is 3.47. The van der Waals surface area contributed by atoms with E-state index in [1.807, 2.05) is 35.2 Å². The van der Waals surface area contributed by atoms with Crippen LogP contribution >= 0.6 is 0 Å². The molecule has 0 atom stereocenters. The van der Waals surface area contributed by atoms with Crippen molar-refractivity contribution < 1.29 is 27.0 Å². The standard InChI is InChI=1S/C32H34N2O6S/c1-2-18-37-26-10-8-25(9-11-26)30-33-31(41(35,36)27-12-13-28-29(22-27)39-20-19-38-28)32(40-30)34-16-14-24(15-17-34)21-23-6-4-3-5-7-23/h3-13,22,24H,2,14-21H2,1H3. The number of anilines is 1. The number of sulfone groups is 1. The Morgan fingerprint density at radius 2 is 1.66 bits per heavy atom. The molecular formula is C32H34N2O6S. The maximum absolute atomic E-state index is 14.0. The second-order valence-corrected chi connectivity index (χ2v) is 12.3. The zero-order valence-corrected chi connectivity index (χ0v) is 23.9. The summed E-state index contributed by atoms with van der Waals surface area (Å²) in [4.78, 5) is 6.69. The maximum Gasteiger partial charge on any atom is 0.236 e. The molecule has 9 heteroatoms. The van der Waals surface area contributed by atoms with E-state index in [1.54, 1.807) is 6.07 Å². The highest BCUT2D eigenvalue weighted by Crippen LogP contribution is 2.39. The minimum atomic E-state index is -4.03. The first kappa shape index (κ1) is 27.2. The van der Waals surface area contributed by atoms with Crippen molar-refractivity contribution in [2.75, 3.05) is 37.8 Å². The van der Waals surface area contributed by atoms with Crippen molar-refractivity contribution in [3.8, 4) is 28.7 Å². The van der Waals surface area contributed by atoms with E-state index >= 15 is 0 Å². The Kier molecular flexibility index (Phi) is 7.87. The molecule has 41 heavy (non-hydrogen) atoms. The average molecular weight is 575 g/mol. The lowest BCUT2D eigenvalue weighted by atomic mass is 9.90. The summed E-state index contributed by atoms with van der Waals surface area (Å²) in [5.74, 6) is 2.73. The summed E-state index contributed by atoms with van der Waals surface area (Å²) in [5.41, 5.74) is 2.00. The molecule has 0 amide bonds. The highest BCUT2D eigenvalue weighted by molar-refractivity contribution is 7.91. The topological polar surface area (TPSA) is 91.1 Å². The van der Waals surface area contributed by atoms with E-state index in [9.17, 15) is 8.42 Å². The fraction of sp³-hybridized carbons (Fsp3) is 0.344. The SMILES string of the molecule is CCCOc1ccc(-c2nc(S(=O)(=O)c3ccc4c(c3)OCCO4)c(N3CCC(Cc4ccccc4)CC3)o2)cc1. The number of benzene rings is 3. The first-order valence-corrected chi connectivity index (χ1v) is 15.7. The number of piperidine rings is 1. The van der Waals surface area contributed by atoms with Crippen LogP contribution in [0.25, 0.3) is 11.5 Å². The molecule has 0 bridgehead atoms. The number of hydrogen-bond acceptors (Lipinski definition) is 8. The molecule has 0 aliphatic carbocycles. The van der Waals surface area contributed by atoms with E-state index in [0.29, 0.717) is 55.9 Å². The van der Waals surface area contributed by atoms with Gasteiger partial charge in [0.15, 0.2) is 11.5 Å². The molecule has 8 nitrogen and oxygen atoms in total. The molecule has 4 aromatic rings. The molecule has 2 aliphatic rings. The number of ether oxygens (including phenoxy) is 3. The van der Waals surface area contributed by atoms with Crippen LogP contribution in [0.3, 0.4) is 0 Å². The predicted molar refractivity (Wildman–Crippen MR) is 156 cm³/mol. The second-order valence-electron chi connectivity index (χ2n) is 10.4. The Labute approximate surface area is 240 Å². The second kappa shape index (κ2) is 11.9. The molecule has 3 heterocycles. The Bertz CT molecular complexity index is 1580. The van der Waals surface area contributed by atoms with Crippen molar-refractivity contribution in [2.24, 2.45) is 5.92 Å². The fourth-order valence-electron chi connectivity index (χ4n) is 5.30. The third-order valence-corrected chi connectivity index (χ3v) is 9.15. The number of rotatable bonds is 9. The molecular weight excluding hydrogens is 540 g/mol. The first-order valence-electron chi connectivity index (χ1n) is 14.2. The van der Waals surface area contributed by atoms with Crippen LogP contribution in [-0.4, -0.2) is 46.3 Å². The van der Waals surface area contributed by atoms with Crippen molar-refractivity contribution in [1.29, 1.82) is 0 Å². The predicted octanol–water partition coefficient (Wildman–Crippen LogP) is 6.19. The van der Waals surface area contributed by atoms with Gasteiger partial charge in [0.1, 0.15) is 19.0 Å². The van der Waals surface area contributed by atoms with E-state index in [-0.39, 0.29) is 21.7 Å². The van der Waals surface area contributed by atoms with Gasteiger partial charge in [0.2, 0.25) is 26.6 Å². The van der Waals surface area contributed by atoms with Gasteiger partial charge in [0.05, 0.1) is 11.5 Å².